The van der Waals surface area contributed by atoms with E-state index in [-0.39, 0.29) is 0 Å². The topological polar surface area (TPSA) is 88.8 Å². The number of hydrogen-bond acceptors (Lipinski definition) is 3. The van der Waals surface area contributed by atoms with Crippen molar-refractivity contribution in [2.45, 2.75) is 6.92 Å². The van der Waals surface area contributed by atoms with Crippen molar-refractivity contribution in [1.29, 1.82) is 0 Å². The molecule has 0 bridgehead atoms. The molecule has 46 valence electrons. The van der Waals surface area contributed by atoms with Crippen LogP contribution in [-0.2, 0) is 0 Å². The molecule has 5 N–H and O–H groups in total. The molecule has 0 aromatic rings. The number of nitrogens with zero attached hydrogens (tertiary/aromatic N) is 2. The third-order valence-electron chi connectivity index (χ3n) is 0.408. The highest BCUT2D eigenvalue weighted by atomic mass is 15.5. The summed E-state index contributed by atoms with van der Waals surface area (Å²) in [4.78, 5) is 0. The zero-order valence-corrected chi connectivity index (χ0v) is 4.63. The number of hydrogen-bond donors (Lipinski definition) is 3. The van der Waals surface area contributed by atoms with Gasteiger partial charge >= 0.3 is 0 Å². The molecule has 5 heteroatoms. The predicted octanol–water partition coefficient (Wildman–Crippen LogP) is -0.363. The van der Waals surface area contributed by atoms with Crippen LogP contribution in [0.5, 0.6) is 0 Å². The molecule has 0 heterocycles. The molecule has 0 aromatic heterocycles. The molecule has 0 radical (unpaired) electrons. The summed E-state index contributed by atoms with van der Waals surface area (Å²) in [6.07, 6.45) is 1.48. The lowest BCUT2D eigenvalue weighted by atomic mass is 10.6. The van der Waals surface area contributed by atoms with Crippen molar-refractivity contribution in [3.63, 3.8) is 0 Å². The minimum absolute atomic E-state index is 0.623. The number of nitrogens with one attached hydrogen (secondary N) is 1. The molecule has 0 saturated carbocycles. The maximum atomic E-state index is 5.19. The van der Waals surface area contributed by atoms with Gasteiger partial charge in [-0.1, -0.05) is 10.4 Å². The summed E-state index contributed by atoms with van der Waals surface area (Å²) in [5.41, 5.74) is 8.19. The van der Waals surface area contributed by atoms with Gasteiger partial charge in [0.1, 0.15) is 0 Å². The summed E-state index contributed by atoms with van der Waals surface area (Å²) >= 11 is 0. The van der Waals surface area contributed by atoms with Gasteiger partial charge in [-0.05, 0) is 6.92 Å². The minimum Gasteiger partial charge on any atom is -0.401 e. The van der Waals surface area contributed by atoms with Gasteiger partial charge in [-0.2, -0.15) is 0 Å². The molecule has 0 aromatic carbocycles. The van der Waals surface area contributed by atoms with Gasteiger partial charge in [0.05, 0.1) is 0 Å². The molecule has 0 fully saturated rings. The Bertz CT molecular complexity index is 100. The second-order valence-electron chi connectivity index (χ2n) is 1.23. The van der Waals surface area contributed by atoms with Crippen molar-refractivity contribution < 1.29 is 0 Å². The highest BCUT2D eigenvalue weighted by Gasteiger charge is 1.69. The first-order valence-electron chi connectivity index (χ1n) is 2.05. The molecule has 0 atom stereocenters. The first-order chi connectivity index (χ1) is 3.77. The Labute approximate surface area is 47.4 Å². The van der Waals surface area contributed by atoms with Gasteiger partial charge in [0.2, 0.25) is 0 Å². The van der Waals surface area contributed by atoms with E-state index in [0.29, 0.717) is 5.70 Å². The first kappa shape index (κ1) is 6.74. The van der Waals surface area contributed by atoms with E-state index in [9.17, 15) is 0 Å². The normalized spacial score (nSPS) is 12.4. The zero-order chi connectivity index (χ0) is 6.41. The van der Waals surface area contributed by atoms with E-state index >= 15 is 0 Å². The Morgan fingerprint density at radius 1 is 1.75 bits per heavy atom. The smallest absolute Gasteiger partial charge is 0.0402 e. The van der Waals surface area contributed by atoms with Gasteiger partial charge in [0.25, 0.3) is 0 Å². The average Bonchev–Trinajstić information content (AvgIpc) is 1.66. The van der Waals surface area contributed by atoms with Gasteiger partial charge in [-0.3, -0.25) is 5.43 Å². The average molecular weight is 115 g/mol. The van der Waals surface area contributed by atoms with Crippen LogP contribution >= 0.6 is 0 Å². The predicted molar refractivity (Wildman–Crippen MR) is 30.1 cm³/mol. The molecular weight excluding hydrogens is 106 g/mol. The van der Waals surface area contributed by atoms with Crippen molar-refractivity contribution in [3.8, 4) is 0 Å². The van der Waals surface area contributed by atoms with E-state index < -0.39 is 0 Å². The standard InChI is InChI=1S/C3H9N5/c1-3(4)2-6-8-7-5/h2H,4H2,1H3,(H2,5,8)(H,6,7)/b3-2+. The Hall–Kier alpha value is -1.26. The second kappa shape index (κ2) is 3.91. The lowest BCUT2D eigenvalue weighted by molar-refractivity contribution is 0.815. The third-order valence-corrected chi connectivity index (χ3v) is 0.408. The van der Waals surface area contributed by atoms with Crippen molar-refractivity contribution in [2.24, 2.45) is 22.0 Å². The molecule has 0 aliphatic carbocycles. The van der Waals surface area contributed by atoms with Gasteiger partial charge in [0.15, 0.2) is 0 Å². The fraction of sp³-hybridized carbons (Fsp3) is 0.333. The molecule has 0 rings (SSSR count). The Balaban J connectivity index is 3.30. The second-order valence-corrected chi connectivity index (χ2v) is 1.23. The van der Waals surface area contributed by atoms with Crippen LogP contribution in [0.15, 0.2) is 22.3 Å². The highest BCUT2D eigenvalue weighted by molar-refractivity contribution is 4.87. The van der Waals surface area contributed by atoms with Crippen molar-refractivity contribution >= 4 is 0 Å². The highest BCUT2D eigenvalue weighted by Crippen LogP contribution is 1.72. The van der Waals surface area contributed by atoms with Crippen LogP contribution in [0.3, 0.4) is 0 Å². The summed E-state index contributed by atoms with van der Waals surface area (Å²) in [6.45, 7) is 1.72. The molecule has 8 heavy (non-hydrogen) atoms. The zero-order valence-electron chi connectivity index (χ0n) is 4.63. The van der Waals surface area contributed by atoms with Crippen molar-refractivity contribution in [1.82, 2.24) is 5.43 Å². The molecule has 0 saturated heterocycles. The number of rotatable bonds is 2. The van der Waals surface area contributed by atoms with Crippen LogP contribution in [0, 0.1) is 0 Å². The third kappa shape index (κ3) is 4.74. The van der Waals surface area contributed by atoms with E-state index in [1.54, 1.807) is 6.92 Å². The maximum absolute atomic E-state index is 5.19. The van der Waals surface area contributed by atoms with Gasteiger partial charge in [-0.25, -0.2) is 0 Å². The minimum atomic E-state index is 0.623. The van der Waals surface area contributed by atoms with Crippen LogP contribution < -0.4 is 17.0 Å². The SMILES string of the molecule is C/C(N)=C\N/N=N\N. The van der Waals surface area contributed by atoms with Crippen LogP contribution in [0.1, 0.15) is 6.92 Å². The van der Waals surface area contributed by atoms with E-state index in [2.05, 4.69) is 21.7 Å². The summed E-state index contributed by atoms with van der Waals surface area (Å²) in [6, 6.07) is 0. The lowest BCUT2D eigenvalue weighted by Crippen LogP contribution is -2.00. The van der Waals surface area contributed by atoms with Gasteiger partial charge in [0, 0.05) is 11.9 Å². The summed E-state index contributed by atoms with van der Waals surface area (Å²) in [5.74, 6) is 4.64. The molecule has 5 nitrogen and oxygen atoms in total. The monoisotopic (exact) mass is 115 g/mol. The van der Waals surface area contributed by atoms with Crippen molar-refractivity contribution in [3.05, 3.63) is 11.9 Å². The molecule has 0 amide bonds. The van der Waals surface area contributed by atoms with Crippen molar-refractivity contribution in [2.75, 3.05) is 0 Å². The molecule has 0 aliphatic rings. The van der Waals surface area contributed by atoms with E-state index in [1.807, 2.05) is 0 Å². The summed E-state index contributed by atoms with van der Waals surface area (Å²) in [5, 5.41) is 6.13. The Morgan fingerprint density at radius 2 is 2.38 bits per heavy atom. The fourth-order valence-corrected chi connectivity index (χ4v) is 0.164. The van der Waals surface area contributed by atoms with E-state index in [0.717, 1.165) is 0 Å². The van der Waals surface area contributed by atoms with E-state index in [1.165, 1.54) is 6.20 Å². The lowest BCUT2D eigenvalue weighted by Gasteiger charge is -1.86. The Morgan fingerprint density at radius 3 is 2.75 bits per heavy atom. The van der Waals surface area contributed by atoms with Gasteiger partial charge in [-0.15, -0.1) is 0 Å². The first-order valence-corrected chi connectivity index (χ1v) is 2.05. The molecular formula is C3H9N5. The summed E-state index contributed by atoms with van der Waals surface area (Å²) < 4.78 is 0. The molecule has 0 aliphatic heterocycles. The Kier molecular flexibility index (Phi) is 3.30. The van der Waals surface area contributed by atoms with Crippen LogP contribution in [0.4, 0.5) is 0 Å². The maximum Gasteiger partial charge on any atom is 0.0402 e. The van der Waals surface area contributed by atoms with Crippen LogP contribution in [-0.4, -0.2) is 0 Å². The van der Waals surface area contributed by atoms with Gasteiger partial charge < -0.3 is 11.6 Å². The molecule has 0 spiro atoms. The largest absolute Gasteiger partial charge is 0.401 e. The summed E-state index contributed by atoms with van der Waals surface area (Å²) in [7, 11) is 0. The quantitative estimate of drug-likeness (QED) is 0.261. The number of nitrogens with two attached hydrogens (primary N) is 2. The van der Waals surface area contributed by atoms with Crippen LogP contribution in [0.2, 0.25) is 0 Å². The van der Waals surface area contributed by atoms with Crippen LogP contribution in [0.25, 0.3) is 0 Å². The molecule has 0 unspecified atom stereocenters. The number of allylic oxidation sites excluding steroid dienone is 1. The fourth-order valence-electron chi connectivity index (χ4n) is 0.164. The van der Waals surface area contributed by atoms with E-state index in [4.69, 9.17) is 5.73 Å².